The quantitative estimate of drug-likeness (QED) is 0.565. The normalized spacial score (nSPS) is 10.6. The third kappa shape index (κ3) is 3.55. The van der Waals surface area contributed by atoms with Gasteiger partial charge < -0.3 is 5.32 Å². The van der Waals surface area contributed by atoms with Gasteiger partial charge in [-0.25, -0.2) is 0 Å². The summed E-state index contributed by atoms with van der Waals surface area (Å²) in [5, 5.41) is 21.6. The molecule has 0 atom stereocenters. The molecule has 0 spiro atoms. The maximum Gasteiger partial charge on any atom is 0.320 e. The number of nitrogens with one attached hydrogen (secondary N) is 1. The number of carbonyl (C=O) groups is 1. The summed E-state index contributed by atoms with van der Waals surface area (Å²) in [5.74, 6) is -0.319. The first-order chi connectivity index (χ1) is 11.9. The number of rotatable bonds is 5. The fourth-order valence-corrected chi connectivity index (χ4v) is 2.51. The molecule has 0 aliphatic heterocycles. The van der Waals surface area contributed by atoms with E-state index in [2.05, 4.69) is 21.6 Å². The van der Waals surface area contributed by atoms with Gasteiger partial charge in [0.15, 0.2) is 5.82 Å². The van der Waals surface area contributed by atoms with Crippen LogP contribution in [0.5, 0.6) is 0 Å². The second-order valence-corrected chi connectivity index (χ2v) is 5.60. The predicted molar refractivity (Wildman–Crippen MR) is 90.3 cm³/mol. The van der Waals surface area contributed by atoms with Gasteiger partial charge in [0.1, 0.15) is 6.20 Å². The summed E-state index contributed by atoms with van der Waals surface area (Å²) in [5.41, 5.74) is 1.77. The molecule has 0 unspecified atom stereocenters. The number of hydrogen-bond acceptors (Lipinski definition) is 5. The highest BCUT2D eigenvalue weighted by Crippen LogP contribution is 2.18. The number of carbonyl (C=O) groups excluding carboxylic acids is 1. The van der Waals surface area contributed by atoms with Crippen LogP contribution in [0.1, 0.15) is 21.6 Å². The van der Waals surface area contributed by atoms with E-state index in [0.29, 0.717) is 12.4 Å². The van der Waals surface area contributed by atoms with Crippen molar-refractivity contribution < 1.29 is 9.72 Å². The molecule has 3 rings (SSSR count). The zero-order chi connectivity index (χ0) is 18.0. The van der Waals surface area contributed by atoms with Crippen molar-refractivity contribution in [1.29, 1.82) is 0 Å². The highest BCUT2D eigenvalue weighted by Gasteiger charge is 2.25. The highest BCUT2D eigenvalue weighted by atomic mass is 16.6. The van der Waals surface area contributed by atoms with E-state index in [0.717, 1.165) is 22.0 Å². The minimum absolute atomic E-state index is 0.127. The first-order valence-electron chi connectivity index (χ1n) is 7.51. The van der Waals surface area contributed by atoms with Crippen LogP contribution in [-0.2, 0) is 13.6 Å². The van der Waals surface area contributed by atoms with Crippen LogP contribution in [0, 0.1) is 17.0 Å². The van der Waals surface area contributed by atoms with Crippen molar-refractivity contribution in [3.63, 3.8) is 0 Å². The fourth-order valence-electron chi connectivity index (χ4n) is 2.51. The molecule has 0 fully saturated rings. The Bertz CT molecular complexity index is 943. The third-order valence-electron chi connectivity index (χ3n) is 3.64. The van der Waals surface area contributed by atoms with Crippen LogP contribution in [-0.4, -0.2) is 30.4 Å². The second kappa shape index (κ2) is 6.56. The molecule has 1 aromatic carbocycles. The van der Waals surface area contributed by atoms with Crippen molar-refractivity contribution in [2.45, 2.75) is 13.5 Å². The summed E-state index contributed by atoms with van der Waals surface area (Å²) in [4.78, 5) is 22.6. The SMILES string of the molecule is Cc1cccc(Cn2ccc(NC(=O)c3c([N+](=O)[O-])cnn3C)n2)c1. The fraction of sp³-hybridized carbons (Fsp3) is 0.188. The molecule has 3 aromatic rings. The minimum Gasteiger partial charge on any atom is -0.304 e. The van der Waals surface area contributed by atoms with E-state index >= 15 is 0 Å². The molecule has 0 saturated carbocycles. The Balaban J connectivity index is 1.74. The van der Waals surface area contributed by atoms with Gasteiger partial charge in [-0.2, -0.15) is 10.2 Å². The Labute approximate surface area is 143 Å². The molecule has 0 bridgehead atoms. The van der Waals surface area contributed by atoms with Crippen molar-refractivity contribution in [3.05, 3.63) is 69.7 Å². The minimum atomic E-state index is -0.641. The molecule has 9 heteroatoms. The van der Waals surface area contributed by atoms with Crippen molar-refractivity contribution in [2.75, 3.05) is 5.32 Å². The Morgan fingerprint density at radius 3 is 2.88 bits per heavy atom. The molecular weight excluding hydrogens is 324 g/mol. The Hall–Kier alpha value is -3.49. The van der Waals surface area contributed by atoms with Gasteiger partial charge in [-0.1, -0.05) is 29.8 Å². The van der Waals surface area contributed by atoms with Crippen molar-refractivity contribution >= 4 is 17.4 Å². The molecule has 25 heavy (non-hydrogen) atoms. The van der Waals surface area contributed by atoms with Crippen LogP contribution in [0.2, 0.25) is 0 Å². The largest absolute Gasteiger partial charge is 0.320 e. The Morgan fingerprint density at radius 2 is 2.16 bits per heavy atom. The Morgan fingerprint density at radius 1 is 1.36 bits per heavy atom. The lowest BCUT2D eigenvalue weighted by molar-refractivity contribution is -0.385. The van der Waals surface area contributed by atoms with Gasteiger partial charge in [-0.15, -0.1) is 0 Å². The smallest absolute Gasteiger partial charge is 0.304 e. The van der Waals surface area contributed by atoms with E-state index in [9.17, 15) is 14.9 Å². The molecule has 128 valence electrons. The number of nitro groups is 1. The highest BCUT2D eigenvalue weighted by molar-refractivity contribution is 6.05. The van der Waals surface area contributed by atoms with Crippen LogP contribution < -0.4 is 5.32 Å². The monoisotopic (exact) mass is 340 g/mol. The zero-order valence-corrected chi connectivity index (χ0v) is 13.7. The third-order valence-corrected chi connectivity index (χ3v) is 3.64. The average Bonchev–Trinajstić information content (AvgIpc) is 3.14. The molecule has 0 radical (unpaired) electrons. The van der Waals surface area contributed by atoms with E-state index in [4.69, 9.17) is 0 Å². The van der Waals surface area contributed by atoms with Crippen molar-refractivity contribution in [2.24, 2.45) is 7.05 Å². The summed E-state index contributed by atoms with van der Waals surface area (Å²) in [6.07, 6.45) is 2.78. The maximum atomic E-state index is 12.3. The molecule has 2 aromatic heterocycles. The summed E-state index contributed by atoms with van der Waals surface area (Å²) < 4.78 is 2.85. The first-order valence-corrected chi connectivity index (χ1v) is 7.51. The second-order valence-electron chi connectivity index (χ2n) is 5.60. The molecule has 1 amide bonds. The van der Waals surface area contributed by atoms with Crippen LogP contribution in [0.15, 0.2) is 42.7 Å². The lowest BCUT2D eigenvalue weighted by Crippen LogP contribution is -2.18. The molecule has 0 aliphatic rings. The summed E-state index contributed by atoms with van der Waals surface area (Å²) in [6.45, 7) is 2.57. The number of hydrogen-bond donors (Lipinski definition) is 1. The standard InChI is InChI=1S/C16H16N6O3/c1-11-4-3-5-12(8-11)10-21-7-6-14(19-21)18-16(23)15-13(22(24)25)9-17-20(15)2/h3-9H,10H2,1-2H3,(H,18,19,23). The van der Waals surface area contributed by atoms with Crippen molar-refractivity contribution in [3.8, 4) is 0 Å². The molecule has 1 N–H and O–H groups in total. The molecule has 0 aliphatic carbocycles. The van der Waals surface area contributed by atoms with Crippen LogP contribution in [0.4, 0.5) is 11.5 Å². The summed E-state index contributed by atoms with van der Waals surface area (Å²) >= 11 is 0. The van der Waals surface area contributed by atoms with Gasteiger partial charge in [0.2, 0.25) is 5.69 Å². The van der Waals surface area contributed by atoms with Gasteiger partial charge in [-0.3, -0.25) is 24.3 Å². The van der Waals surface area contributed by atoms with E-state index in [1.807, 2.05) is 25.1 Å². The molecule has 2 heterocycles. The number of benzene rings is 1. The van der Waals surface area contributed by atoms with E-state index in [1.54, 1.807) is 16.9 Å². The average molecular weight is 340 g/mol. The summed E-state index contributed by atoms with van der Waals surface area (Å²) in [6, 6.07) is 9.66. The van der Waals surface area contributed by atoms with Crippen LogP contribution in [0.25, 0.3) is 0 Å². The molecule has 0 saturated heterocycles. The zero-order valence-electron chi connectivity index (χ0n) is 13.7. The van der Waals surface area contributed by atoms with Gasteiger partial charge in [0.25, 0.3) is 5.91 Å². The maximum absolute atomic E-state index is 12.3. The molecular formula is C16H16N6O3. The van der Waals surface area contributed by atoms with Gasteiger partial charge in [0.05, 0.1) is 11.5 Å². The van der Waals surface area contributed by atoms with E-state index < -0.39 is 10.8 Å². The predicted octanol–water partition coefficient (Wildman–Crippen LogP) is 2.13. The number of amides is 1. The van der Waals surface area contributed by atoms with Gasteiger partial charge >= 0.3 is 5.69 Å². The van der Waals surface area contributed by atoms with E-state index in [1.165, 1.54) is 7.05 Å². The topological polar surface area (TPSA) is 108 Å². The Kier molecular flexibility index (Phi) is 4.29. The van der Waals surface area contributed by atoms with Crippen LogP contribution >= 0.6 is 0 Å². The van der Waals surface area contributed by atoms with Crippen molar-refractivity contribution in [1.82, 2.24) is 19.6 Å². The van der Waals surface area contributed by atoms with Gasteiger partial charge in [-0.05, 0) is 12.5 Å². The number of nitrogens with zero attached hydrogens (tertiary/aromatic N) is 5. The lowest BCUT2D eigenvalue weighted by Gasteiger charge is -2.04. The summed E-state index contributed by atoms with van der Waals surface area (Å²) in [7, 11) is 1.47. The van der Waals surface area contributed by atoms with Crippen LogP contribution in [0.3, 0.4) is 0 Å². The number of anilines is 1. The number of aromatic nitrogens is 4. The number of aryl methyl sites for hydroxylation is 2. The van der Waals surface area contributed by atoms with E-state index in [-0.39, 0.29) is 11.4 Å². The van der Waals surface area contributed by atoms with Gasteiger partial charge in [0, 0.05) is 19.3 Å². The molecule has 9 nitrogen and oxygen atoms in total. The first kappa shape index (κ1) is 16.4. The lowest BCUT2D eigenvalue weighted by atomic mass is 10.1.